The van der Waals surface area contributed by atoms with Crippen LogP contribution < -0.4 is 4.74 Å². The zero-order chi connectivity index (χ0) is 13.8. The summed E-state index contributed by atoms with van der Waals surface area (Å²) < 4.78 is 11.2. The van der Waals surface area contributed by atoms with Crippen molar-refractivity contribution in [3.05, 3.63) is 60.2 Å². The van der Waals surface area contributed by atoms with Gasteiger partial charge in [-0.05, 0) is 36.2 Å². The molecule has 1 aliphatic rings. The Morgan fingerprint density at radius 1 is 1.00 bits per heavy atom. The smallest absolute Gasteiger partial charge is 0.127 e. The van der Waals surface area contributed by atoms with Crippen molar-refractivity contribution in [1.82, 2.24) is 0 Å². The van der Waals surface area contributed by atoms with Crippen LogP contribution in [-0.2, 0) is 4.74 Å². The predicted molar refractivity (Wildman–Crippen MR) is 83.6 cm³/mol. The van der Waals surface area contributed by atoms with Crippen LogP contribution in [0.1, 0.15) is 16.8 Å². The van der Waals surface area contributed by atoms with Crippen LogP contribution in [0, 0.1) is 5.92 Å². The number of halogens is 1. The Balaban J connectivity index is 1.68. The van der Waals surface area contributed by atoms with Gasteiger partial charge in [-0.1, -0.05) is 46.3 Å². The second-order valence-electron chi connectivity index (χ2n) is 5.01. The van der Waals surface area contributed by atoms with E-state index in [1.165, 1.54) is 5.56 Å². The number of ether oxygens (including phenoxy) is 2. The molecule has 0 radical (unpaired) electrons. The molecule has 1 saturated heterocycles. The normalized spacial score (nSPS) is 19.8. The van der Waals surface area contributed by atoms with Gasteiger partial charge in [-0.3, -0.25) is 0 Å². The Labute approximate surface area is 127 Å². The zero-order valence-electron chi connectivity index (χ0n) is 11.2. The Kier molecular flexibility index (Phi) is 4.38. The minimum atomic E-state index is 0.357. The minimum absolute atomic E-state index is 0.357. The number of rotatable bonds is 4. The van der Waals surface area contributed by atoms with E-state index in [0.29, 0.717) is 10.7 Å². The summed E-state index contributed by atoms with van der Waals surface area (Å²) in [4.78, 5) is 0.357. The molecule has 2 aromatic carbocycles. The van der Waals surface area contributed by atoms with Crippen molar-refractivity contribution in [2.24, 2.45) is 5.92 Å². The molecule has 0 bridgehead atoms. The third-order valence-corrected chi connectivity index (χ3v) is 4.83. The molecule has 20 heavy (non-hydrogen) atoms. The van der Waals surface area contributed by atoms with E-state index in [1.54, 1.807) is 0 Å². The van der Waals surface area contributed by atoms with E-state index in [0.717, 1.165) is 31.1 Å². The van der Waals surface area contributed by atoms with Gasteiger partial charge in [0.05, 0.1) is 6.61 Å². The topological polar surface area (TPSA) is 18.5 Å². The molecule has 0 aliphatic carbocycles. The highest BCUT2D eigenvalue weighted by Gasteiger charge is 2.24. The van der Waals surface area contributed by atoms with Crippen molar-refractivity contribution >= 4 is 15.9 Å². The molecule has 2 nitrogen and oxygen atoms in total. The number of alkyl halides is 1. The summed E-state index contributed by atoms with van der Waals surface area (Å²) in [5, 5.41) is 0. The van der Waals surface area contributed by atoms with Crippen LogP contribution in [0.5, 0.6) is 11.5 Å². The molecule has 1 fully saturated rings. The lowest BCUT2D eigenvalue weighted by atomic mass is 9.98. The van der Waals surface area contributed by atoms with E-state index in [2.05, 4.69) is 28.1 Å². The van der Waals surface area contributed by atoms with Crippen LogP contribution in [0.15, 0.2) is 54.6 Å². The first kappa shape index (κ1) is 13.7. The predicted octanol–water partition coefficient (Wildman–Crippen LogP) is 4.95. The lowest BCUT2D eigenvalue weighted by molar-refractivity contribution is 0.185. The highest BCUT2D eigenvalue weighted by Crippen LogP contribution is 2.36. The average molecular weight is 333 g/mol. The molecule has 0 amide bonds. The summed E-state index contributed by atoms with van der Waals surface area (Å²) in [6.07, 6.45) is 1.12. The van der Waals surface area contributed by atoms with Crippen molar-refractivity contribution < 1.29 is 9.47 Å². The molecule has 2 atom stereocenters. The fourth-order valence-electron chi connectivity index (χ4n) is 2.40. The molecular formula is C17H17BrO2. The van der Waals surface area contributed by atoms with Gasteiger partial charge in [0.15, 0.2) is 0 Å². The van der Waals surface area contributed by atoms with Crippen LogP contribution in [0.4, 0.5) is 0 Å². The van der Waals surface area contributed by atoms with Gasteiger partial charge in [0.2, 0.25) is 0 Å². The first-order valence-electron chi connectivity index (χ1n) is 6.87. The first-order valence-corrected chi connectivity index (χ1v) is 7.79. The minimum Gasteiger partial charge on any atom is -0.457 e. The molecule has 1 heterocycles. The van der Waals surface area contributed by atoms with Crippen molar-refractivity contribution in [2.45, 2.75) is 11.2 Å². The largest absolute Gasteiger partial charge is 0.457 e. The van der Waals surface area contributed by atoms with Gasteiger partial charge in [-0.25, -0.2) is 0 Å². The molecule has 104 valence electrons. The van der Waals surface area contributed by atoms with E-state index in [1.807, 2.05) is 42.5 Å². The maximum atomic E-state index is 5.80. The molecule has 0 N–H and O–H groups in total. The highest BCUT2D eigenvalue weighted by atomic mass is 79.9. The molecule has 0 saturated carbocycles. The van der Waals surface area contributed by atoms with E-state index in [4.69, 9.17) is 9.47 Å². The zero-order valence-corrected chi connectivity index (χ0v) is 12.8. The van der Waals surface area contributed by atoms with E-state index in [-0.39, 0.29) is 0 Å². The van der Waals surface area contributed by atoms with Crippen LogP contribution in [0.3, 0.4) is 0 Å². The number of hydrogen-bond donors (Lipinski definition) is 0. The maximum Gasteiger partial charge on any atom is 0.127 e. The quantitative estimate of drug-likeness (QED) is 0.737. The van der Waals surface area contributed by atoms with Crippen LogP contribution in [-0.4, -0.2) is 13.2 Å². The maximum absolute atomic E-state index is 5.80. The second kappa shape index (κ2) is 6.42. The SMILES string of the molecule is BrC(c1ccc(Oc2ccccc2)cc1)C1CCOC1. The lowest BCUT2D eigenvalue weighted by Gasteiger charge is -2.16. The van der Waals surface area contributed by atoms with Gasteiger partial charge in [-0.15, -0.1) is 0 Å². The third kappa shape index (κ3) is 3.22. The number of hydrogen-bond acceptors (Lipinski definition) is 2. The molecule has 0 aromatic heterocycles. The highest BCUT2D eigenvalue weighted by molar-refractivity contribution is 9.09. The Bertz CT molecular complexity index is 533. The molecule has 1 aliphatic heterocycles. The summed E-state index contributed by atoms with van der Waals surface area (Å²) in [5.41, 5.74) is 1.28. The van der Waals surface area contributed by atoms with Crippen LogP contribution in [0.2, 0.25) is 0 Å². The lowest BCUT2D eigenvalue weighted by Crippen LogP contribution is -2.06. The standard InChI is InChI=1S/C17H17BrO2/c18-17(14-10-11-19-12-14)13-6-8-16(9-7-13)20-15-4-2-1-3-5-15/h1-9,14,17H,10-12H2. The molecule has 3 rings (SSSR count). The molecule has 3 heteroatoms. The van der Waals surface area contributed by atoms with Gasteiger partial charge >= 0.3 is 0 Å². The fourth-order valence-corrected chi connectivity index (χ4v) is 3.12. The van der Waals surface area contributed by atoms with Gasteiger partial charge in [-0.2, -0.15) is 0 Å². The molecule has 0 spiro atoms. The average Bonchev–Trinajstić information content (AvgIpc) is 3.03. The monoisotopic (exact) mass is 332 g/mol. The van der Waals surface area contributed by atoms with Gasteiger partial charge in [0.1, 0.15) is 11.5 Å². The summed E-state index contributed by atoms with van der Waals surface area (Å²) >= 11 is 3.78. The summed E-state index contributed by atoms with van der Waals surface area (Å²) in [7, 11) is 0. The van der Waals surface area contributed by atoms with Crippen molar-refractivity contribution in [1.29, 1.82) is 0 Å². The summed E-state index contributed by atoms with van der Waals surface area (Å²) in [6.45, 7) is 1.72. The Morgan fingerprint density at radius 2 is 1.70 bits per heavy atom. The van der Waals surface area contributed by atoms with Crippen molar-refractivity contribution in [3.8, 4) is 11.5 Å². The van der Waals surface area contributed by atoms with Gasteiger partial charge in [0.25, 0.3) is 0 Å². The first-order chi connectivity index (χ1) is 9.83. The van der Waals surface area contributed by atoms with E-state index < -0.39 is 0 Å². The number of para-hydroxylation sites is 1. The van der Waals surface area contributed by atoms with Crippen LogP contribution >= 0.6 is 15.9 Å². The summed E-state index contributed by atoms with van der Waals surface area (Å²) in [5.74, 6) is 2.29. The number of benzene rings is 2. The van der Waals surface area contributed by atoms with Crippen molar-refractivity contribution in [3.63, 3.8) is 0 Å². The Morgan fingerprint density at radius 3 is 2.35 bits per heavy atom. The second-order valence-corrected chi connectivity index (χ2v) is 6.00. The molecule has 2 unspecified atom stereocenters. The van der Waals surface area contributed by atoms with Crippen LogP contribution in [0.25, 0.3) is 0 Å². The molecule has 2 aromatic rings. The van der Waals surface area contributed by atoms with Gasteiger partial charge in [0, 0.05) is 17.4 Å². The third-order valence-electron chi connectivity index (χ3n) is 3.56. The fraction of sp³-hybridized carbons (Fsp3) is 0.294. The molecular weight excluding hydrogens is 316 g/mol. The van der Waals surface area contributed by atoms with Gasteiger partial charge < -0.3 is 9.47 Å². The Hall–Kier alpha value is -1.32. The van der Waals surface area contributed by atoms with E-state index in [9.17, 15) is 0 Å². The van der Waals surface area contributed by atoms with E-state index >= 15 is 0 Å². The summed E-state index contributed by atoms with van der Waals surface area (Å²) in [6, 6.07) is 18.1. The van der Waals surface area contributed by atoms with Crippen molar-refractivity contribution in [2.75, 3.05) is 13.2 Å².